The van der Waals surface area contributed by atoms with Crippen LogP contribution in [0.4, 0.5) is 10.1 Å². The van der Waals surface area contributed by atoms with Crippen molar-refractivity contribution in [1.82, 2.24) is 5.32 Å². The van der Waals surface area contributed by atoms with Crippen molar-refractivity contribution >= 4 is 32.8 Å². The zero-order valence-corrected chi connectivity index (χ0v) is 14.0. The number of benzene rings is 1. The smallest absolute Gasteiger partial charge is 0.265 e. The van der Waals surface area contributed by atoms with Crippen molar-refractivity contribution in [3.8, 4) is 0 Å². The third-order valence-corrected chi connectivity index (χ3v) is 6.53. The first-order chi connectivity index (χ1) is 10.9. The first-order valence-corrected chi connectivity index (χ1v) is 9.69. The van der Waals surface area contributed by atoms with Gasteiger partial charge in [0.15, 0.2) is 9.84 Å². The van der Waals surface area contributed by atoms with Crippen LogP contribution in [0.15, 0.2) is 28.5 Å². The van der Waals surface area contributed by atoms with Gasteiger partial charge < -0.3 is 10.6 Å². The summed E-state index contributed by atoms with van der Waals surface area (Å²) in [5.74, 6) is -0.935. The van der Waals surface area contributed by atoms with Crippen LogP contribution in [0, 0.1) is 5.82 Å². The summed E-state index contributed by atoms with van der Waals surface area (Å²) in [7, 11) is -3.35. The van der Waals surface area contributed by atoms with Crippen LogP contribution in [0.2, 0.25) is 0 Å². The molecule has 1 aliphatic heterocycles. The van der Waals surface area contributed by atoms with E-state index in [1.54, 1.807) is 6.07 Å². The lowest BCUT2D eigenvalue weighted by Gasteiger charge is -2.19. The number of anilines is 1. The van der Waals surface area contributed by atoms with E-state index in [0.717, 1.165) is 23.2 Å². The van der Waals surface area contributed by atoms with Gasteiger partial charge in [-0.15, -0.1) is 11.3 Å². The SMILES string of the molecule is CS(=O)(=O)c1ccc(C(=O)Nc2ccc3c(c2F)CCNC3)s1. The summed E-state index contributed by atoms with van der Waals surface area (Å²) in [6, 6.07) is 6.13. The molecule has 1 amide bonds. The molecule has 2 heterocycles. The molecule has 0 saturated heterocycles. The Kier molecular flexibility index (Phi) is 4.22. The number of sulfone groups is 1. The average molecular weight is 354 g/mol. The van der Waals surface area contributed by atoms with Gasteiger partial charge in [-0.1, -0.05) is 6.07 Å². The average Bonchev–Trinajstić information content (AvgIpc) is 3.00. The second kappa shape index (κ2) is 6.03. The molecular formula is C15H15FN2O3S2. The standard InChI is InChI=1S/C15H15FN2O3S2/c1-23(20,21)13-5-4-12(22-13)15(19)18-11-3-2-9-8-17-7-6-10(9)14(11)16/h2-5,17H,6-8H2,1H3,(H,18,19). The minimum atomic E-state index is -3.35. The molecule has 5 nitrogen and oxygen atoms in total. The molecule has 0 aliphatic carbocycles. The Hall–Kier alpha value is -1.77. The van der Waals surface area contributed by atoms with Crippen LogP contribution in [-0.4, -0.2) is 27.1 Å². The molecule has 23 heavy (non-hydrogen) atoms. The van der Waals surface area contributed by atoms with Crippen molar-refractivity contribution in [1.29, 1.82) is 0 Å². The zero-order chi connectivity index (χ0) is 16.6. The molecule has 0 atom stereocenters. The summed E-state index contributed by atoms with van der Waals surface area (Å²) in [4.78, 5) is 12.4. The fourth-order valence-electron chi connectivity index (χ4n) is 2.46. The van der Waals surface area contributed by atoms with E-state index in [2.05, 4.69) is 10.6 Å². The van der Waals surface area contributed by atoms with E-state index in [4.69, 9.17) is 0 Å². The minimum absolute atomic E-state index is 0.111. The monoisotopic (exact) mass is 354 g/mol. The van der Waals surface area contributed by atoms with Crippen molar-refractivity contribution in [2.24, 2.45) is 0 Å². The summed E-state index contributed by atoms with van der Waals surface area (Å²) in [5, 5.41) is 5.68. The summed E-state index contributed by atoms with van der Waals surface area (Å²) in [6.07, 6.45) is 1.65. The van der Waals surface area contributed by atoms with Gasteiger partial charge in [0.25, 0.3) is 5.91 Å². The van der Waals surface area contributed by atoms with Crippen LogP contribution in [-0.2, 0) is 22.8 Å². The largest absolute Gasteiger partial charge is 0.319 e. The fourth-order valence-corrected chi connectivity index (χ4v) is 4.28. The van der Waals surface area contributed by atoms with E-state index < -0.39 is 21.6 Å². The van der Waals surface area contributed by atoms with Gasteiger partial charge in [-0.05, 0) is 42.3 Å². The number of thiophene rings is 1. The molecule has 1 aromatic carbocycles. The van der Waals surface area contributed by atoms with Gasteiger partial charge in [0, 0.05) is 12.8 Å². The van der Waals surface area contributed by atoms with Crippen LogP contribution in [0.3, 0.4) is 0 Å². The van der Waals surface area contributed by atoms with Crippen LogP contribution < -0.4 is 10.6 Å². The lowest BCUT2D eigenvalue weighted by Crippen LogP contribution is -2.25. The molecule has 0 unspecified atom stereocenters. The van der Waals surface area contributed by atoms with Crippen molar-refractivity contribution in [2.45, 2.75) is 17.2 Å². The van der Waals surface area contributed by atoms with Crippen molar-refractivity contribution in [3.63, 3.8) is 0 Å². The predicted octanol–water partition coefficient (Wildman–Crippen LogP) is 2.19. The lowest BCUT2D eigenvalue weighted by molar-refractivity contribution is 0.103. The Labute approximate surface area is 137 Å². The fraction of sp³-hybridized carbons (Fsp3) is 0.267. The number of rotatable bonds is 3. The molecule has 3 rings (SSSR count). The number of hydrogen-bond acceptors (Lipinski definition) is 5. The van der Waals surface area contributed by atoms with Crippen molar-refractivity contribution in [3.05, 3.63) is 46.1 Å². The van der Waals surface area contributed by atoms with Gasteiger partial charge in [0.2, 0.25) is 0 Å². The van der Waals surface area contributed by atoms with Crippen LogP contribution >= 0.6 is 11.3 Å². The van der Waals surface area contributed by atoms with Gasteiger partial charge in [-0.2, -0.15) is 0 Å². The molecule has 0 saturated carbocycles. The van der Waals surface area contributed by atoms with Crippen molar-refractivity contribution < 1.29 is 17.6 Å². The molecule has 0 bridgehead atoms. The topological polar surface area (TPSA) is 75.3 Å². The molecule has 8 heteroatoms. The highest BCUT2D eigenvalue weighted by atomic mass is 32.2. The normalized spacial score (nSPS) is 14.3. The lowest BCUT2D eigenvalue weighted by atomic mass is 9.99. The number of hydrogen-bond donors (Lipinski definition) is 2. The van der Waals surface area contributed by atoms with E-state index in [1.165, 1.54) is 18.2 Å². The first-order valence-electron chi connectivity index (χ1n) is 6.98. The van der Waals surface area contributed by atoms with E-state index in [-0.39, 0.29) is 14.8 Å². The summed E-state index contributed by atoms with van der Waals surface area (Å²) in [5.41, 5.74) is 1.62. The zero-order valence-electron chi connectivity index (χ0n) is 12.3. The van der Waals surface area contributed by atoms with Gasteiger partial charge >= 0.3 is 0 Å². The van der Waals surface area contributed by atoms with E-state index in [0.29, 0.717) is 25.1 Å². The number of amides is 1. The Morgan fingerprint density at radius 3 is 2.78 bits per heavy atom. The van der Waals surface area contributed by atoms with Crippen molar-refractivity contribution in [2.75, 3.05) is 18.1 Å². The molecule has 122 valence electrons. The quantitative estimate of drug-likeness (QED) is 0.886. The van der Waals surface area contributed by atoms with Gasteiger partial charge in [-0.3, -0.25) is 4.79 Å². The second-order valence-corrected chi connectivity index (χ2v) is 8.66. The number of carbonyl (C=O) groups excluding carboxylic acids is 1. The minimum Gasteiger partial charge on any atom is -0.319 e. The van der Waals surface area contributed by atoms with Gasteiger partial charge in [0.1, 0.15) is 10.0 Å². The third-order valence-electron chi connectivity index (χ3n) is 3.63. The summed E-state index contributed by atoms with van der Waals surface area (Å²) < 4.78 is 37.5. The van der Waals surface area contributed by atoms with E-state index >= 15 is 0 Å². The number of nitrogens with one attached hydrogen (secondary N) is 2. The second-order valence-electron chi connectivity index (χ2n) is 5.34. The molecule has 0 radical (unpaired) electrons. The van der Waals surface area contributed by atoms with Gasteiger partial charge in [0.05, 0.1) is 10.6 Å². The highest BCUT2D eigenvalue weighted by Crippen LogP contribution is 2.26. The maximum absolute atomic E-state index is 14.5. The van der Waals surface area contributed by atoms with E-state index in [9.17, 15) is 17.6 Å². The Bertz CT molecular complexity index is 875. The molecule has 1 aliphatic rings. The van der Waals surface area contributed by atoms with Crippen LogP contribution in [0.5, 0.6) is 0 Å². The number of fused-ring (bicyclic) bond motifs is 1. The summed E-state index contributed by atoms with van der Waals surface area (Å²) in [6.45, 7) is 1.31. The van der Waals surface area contributed by atoms with Crippen LogP contribution in [0.25, 0.3) is 0 Å². The molecule has 1 aromatic heterocycles. The maximum atomic E-state index is 14.5. The number of carbonyl (C=O) groups is 1. The highest BCUT2D eigenvalue weighted by molar-refractivity contribution is 7.92. The van der Waals surface area contributed by atoms with Gasteiger partial charge in [-0.25, -0.2) is 12.8 Å². The Morgan fingerprint density at radius 2 is 2.09 bits per heavy atom. The molecular weight excluding hydrogens is 339 g/mol. The van der Waals surface area contributed by atoms with E-state index in [1.807, 2.05) is 0 Å². The number of halogens is 1. The Morgan fingerprint density at radius 1 is 1.30 bits per heavy atom. The molecule has 0 spiro atoms. The highest BCUT2D eigenvalue weighted by Gasteiger charge is 2.19. The third kappa shape index (κ3) is 3.29. The first kappa shape index (κ1) is 16.1. The van der Waals surface area contributed by atoms with Crippen LogP contribution in [0.1, 0.15) is 20.8 Å². The predicted molar refractivity (Wildman–Crippen MR) is 87.2 cm³/mol. The molecule has 2 N–H and O–H groups in total. The summed E-state index contributed by atoms with van der Waals surface area (Å²) >= 11 is 0.869. The Balaban J connectivity index is 1.85. The molecule has 2 aromatic rings. The maximum Gasteiger partial charge on any atom is 0.265 e. The molecule has 0 fully saturated rings.